The molecule has 0 radical (unpaired) electrons. The van der Waals surface area contributed by atoms with Crippen LogP contribution < -0.4 is 16.6 Å². The number of hydrazine groups is 2. The fourth-order valence-corrected chi connectivity index (χ4v) is 1.89. The van der Waals surface area contributed by atoms with Crippen molar-refractivity contribution >= 4 is 23.8 Å². The van der Waals surface area contributed by atoms with Crippen LogP contribution in [0.15, 0.2) is 0 Å². The van der Waals surface area contributed by atoms with E-state index < -0.39 is 42.4 Å². The van der Waals surface area contributed by atoms with Gasteiger partial charge in [-0.25, -0.2) is 10.9 Å². The van der Waals surface area contributed by atoms with E-state index in [1.807, 2.05) is 0 Å². The molecular weight excluding hydrogens is 324 g/mol. The Hall–Kier alpha value is -2.24. The van der Waals surface area contributed by atoms with Crippen molar-refractivity contribution < 1.29 is 34.5 Å². The molecule has 24 heavy (non-hydrogen) atoms. The number of carbonyl (C=O) groups is 4. The Morgan fingerprint density at radius 1 is 1.08 bits per heavy atom. The molecule has 0 saturated heterocycles. The lowest BCUT2D eigenvalue weighted by Crippen LogP contribution is -2.62. The number of nitrogens with two attached hydrogens (primary N) is 1. The predicted octanol–water partition coefficient (Wildman–Crippen LogP) is -1.40. The molecule has 1 amide bonds. The fraction of sp³-hybridized carbons (Fsp3) is 0.692. The monoisotopic (exact) mass is 348 g/mol. The molecule has 7 N–H and O–H groups in total. The lowest BCUT2D eigenvalue weighted by atomic mass is 10.0. The highest BCUT2D eigenvalue weighted by Gasteiger charge is 2.30. The van der Waals surface area contributed by atoms with E-state index in [1.165, 1.54) is 0 Å². The van der Waals surface area contributed by atoms with Crippen molar-refractivity contribution in [3.63, 3.8) is 0 Å². The molecule has 0 aliphatic carbocycles. The lowest BCUT2D eigenvalue weighted by Gasteiger charge is -2.32. The molecule has 11 heteroatoms. The SMILES string of the molecule is CC(C)C[C@H](NN(NCC(=O)O)[C@@H](CCC(N)=O)C(=O)O)C(=O)O. The van der Waals surface area contributed by atoms with Crippen LogP contribution in [-0.4, -0.2) is 62.9 Å². The predicted molar refractivity (Wildman–Crippen MR) is 81.3 cm³/mol. The molecule has 0 aromatic rings. The fourth-order valence-electron chi connectivity index (χ4n) is 1.89. The van der Waals surface area contributed by atoms with Crippen LogP contribution in [0.3, 0.4) is 0 Å². The number of rotatable bonds is 13. The first-order chi connectivity index (χ1) is 11.0. The lowest BCUT2D eigenvalue weighted by molar-refractivity contribution is -0.154. The number of hydrogen-bond acceptors (Lipinski definition) is 7. The van der Waals surface area contributed by atoms with E-state index in [0.29, 0.717) is 0 Å². The highest BCUT2D eigenvalue weighted by atomic mass is 16.4. The molecule has 0 heterocycles. The second-order valence-corrected chi connectivity index (χ2v) is 5.61. The summed E-state index contributed by atoms with van der Waals surface area (Å²) in [7, 11) is 0. The maximum absolute atomic E-state index is 11.4. The summed E-state index contributed by atoms with van der Waals surface area (Å²) in [6, 6.07) is -2.52. The number of aliphatic carboxylic acids is 3. The number of hydrogen-bond donors (Lipinski definition) is 6. The van der Waals surface area contributed by atoms with Crippen LogP contribution in [0.2, 0.25) is 0 Å². The molecule has 0 bridgehead atoms. The maximum atomic E-state index is 11.4. The summed E-state index contributed by atoms with van der Waals surface area (Å²) in [6.45, 7) is 2.93. The Kier molecular flexibility index (Phi) is 9.54. The van der Waals surface area contributed by atoms with Crippen LogP contribution >= 0.6 is 0 Å². The van der Waals surface area contributed by atoms with Gasteiger partial charge in [-0.2, -0.15) is 5.12 Å². The molecule has 138 valence electrons. The van der Waals surface area contributed by atoms with Gasteiger partial charge in [-0.1, -0.05) is 13.8 Å². The summed E-state index contributed by atoms with van der Waals surface area (Å²) in [5.41, 5.74) is 9.78. The Balaban J connectivity index is 5.27. The molecule has 0 spiro atoms. The molecule has 0 aromatic carbocycles. The summed E-state index contributed by atoms with van der Waals surface area (Å²) >= 11 is 0. The van der Waals surface area contributed by atoms with Gasteiger partial charge in [0, 0.05) is 6.42 Å². The third-order valence-corrected chi connectivity index (χ3v) is 2.96. The molecule has 0 aliphatic rings. The zero-order chi connectivity index (χ0) is 18.9. The van der Waals surface area contributed by atoms with Crippen molar-refractivity contribution in [1.82, 2.24) is 16.0 Å². The van der Waals surface area contributed by atoms with Crippen molar-refractivity contribution in [1.29, 1.82) is 0 Å². The van der Waals surface area contributed by atoms with Gasteiger partial charge < -0.3 is 21.1 Å². The van der Waals surface area contributed by atoms with Crippen molar-refractivity contribution in [3.8, 4) is 0 Å². The topological polar surface area (TPSA) is 182 Å². The molecule has 0 aromatic heterocycles. The largest absolute Gasteiger partial charge is 0.480 e. The summed E-state index contributed by atoms with van der Waals surface area (Å²) in [4.78, 5) is 44.3. The quantitative estimate of drug-likeness (QED) is 0.216. The van der Waals surface area contributed by atoms with Crippen LogP contribution in [0.4, 0.5) is 0 Å². The normalized spacial score (nSPS) is 13.7. The van der Waals surface area contributed by atoms with Gasteiger partial charge in [0.05, 0.1) is 0 Å². The van der Waals surface area contributed by atoms with Gasteiger partial charge in [0.25, 0.3) is 0 Å². The van der Waals surface area contributed by atoms with Crippen LogP contribution in [-0.2, 0) is 19.2 Å². The molecule has 0 fully saturated rings. The molecule has 11 nitrogen and oxygen atoms in total. The number of primary amides is 1. The molecule has 2 atom stereocenters. The smallest absolute Gasteiger partial charge is 0.323 e. The molecule has 0 rings (SSSR count). The van der Waals surface area contributed by atoms with Crippen LogP contribution in [0.5, 0.6) is 0 Å². The third kappa shape index (κ3) is 9.02. The number of nitrogens with one attached hydrogen (secondary N) is 2. The molecular formula is C13H24N4O7. The summed E-state index contributed by atoms with van der Waals surface area (Å²) in [6.07, 6.45) is -0.299. The number of nitrogens with zero attached hydrogens (tertiary/aromatic N) is 1. The first-order valence-corrected chi connectivity index (χ1v) is 7.29. The zero-order valence-corrected chi connectivity index (χ0v) is 13.6. The van der Waals surface area contributed by atoms with E-state index in [1.54, 1.807) is 13.8 Å². The highest BCUT2D eigenvalue weighted by molar-refractivity contribution is 5.77. The van der Waals surface area contributed by atoms with E-state index in [2.05, 4.69) is 10.9 Å². The Bertz CT molecular complexity index is 469. The third-order valence-electron chi connectivity index (χ3n) is 2.96. The van der Waals surface area contributed by atoms with E-state index in [0.717, 1.165) is 5.12 Å². The van der Waals surface area contributed by atoms with Crippen molar-refractivity contribution in [3.05, 3.63) is 0 Å². The van der Waals surface area contributed by atoms with Gasteiger partial charge in [0.2, 0.25) is 5.91 Å². The first-order valence-electron chi connectivity index (χ1n) is 7.29. The molecule has 0 aliphatic heterocycles. The minimum Gasteiger partial charge on any atom is -0.480 e. The number of amides is 1. The maximum Gasteiger partial charge on any atom is 0.323 e. The van der Waals surface area contributed by atoms with E-state index in [-0.39, 0.29) is 25.2 Å². The summed E-state index contributed by atoms with van der Waals surface area (Å²) < 4.78 is 0. The minimum absolute atomic E-state index is 0.00572. The Labute approximate surface area is 138 Å². The standard InChI is InChI=1S/C13H24N4O7/c1-7(2)5-8(12(21)22)16-17(15-6-11(19)20)9(13(23)24)3-4-10(14)18/h7-9,15-16H,3-6H2,1-2H3,(H2,14,18)(H,19,20)(H,21,22)(H,23,24)/t8-,9-/m0/s1. The Morgan fingerprint density at radius 3 is 2.04 bits per heavy atom. The van der Waals surface area contributed by atoms with E-state index in [9.17, 15) is 29.4 Å². The molecule has 0 saturated carbocycles. The Morgan fingerprint density at radius 2 is 1.67 bits per heavy atom. The zero-order valence-electron chi connectivity index (χ0n) is 13.6. The van der Waals surface area contributed by atoms with Crippen LogP contribution in [0.25, 0.3) is 0 Å². The van der Waals surface area contributed by atoms with Crippen molar-refractivity contribution in [2.75, 3.05) is 6.54 Å². The summed E-state index contributed by atoms with van der Waals surface area (Å²) in [5.74, 6) is -4.58. The second-order valence-electron chi connectivity index (χ2n) is 5.61. The highest BCUT2D eigenvalue weighted by Crippen LogP contribution is 2.09. The van der Waals surface area contributed by atoms with Gasteiger partial charge in [-0.15, -0.1) is 0 Å². The van der Waals surface area contributed by atoms with Crippen LogP contribution in [0, 0.1) is 5.92 Å². The van der Waals surface area contributed by atoms with Gasteiger partial charge in [0.1, 0.15) is 18.6 Å². The van der Waals surface area contributed by atoms with Gasteiger partial charge in [-0.3, -0.25) is 19.2 Å². The van der Waals surface area contributed by atoms with E-state index >= 15 is 0 Å². The average Bonchev–Trinajstić information content (AvgIpc) is 2.41. The van der Waals surface area contributed by atoms with Crippen molar-refractivity contribution in [2.24, 2.45) is 11.7 Å². The van der Waals surface area contributed by atoms with E-state index in [4.69, 9.17) is 10.8 Å². The summed E-state index contributed by atoms with van der Waals surface area (Å²) in [5, 5.41) is 28.1. The van der Waals surface area contributed by atoms with Crippen LogP contribution in [0.1, 0.15) is 33.1 Å². The second kappa shape index (κ2) is 10.5. The van der Waals surface area contributed by atoms with Gasteiger partial charge in [0.15, 0.2) is 0 Å². The number of carbonyl (C=O) groups excluding carboxylic acids is 1. The number of carboxylic acids is 3. The number of carboxylic acid groups (broad SMARTS) is 3. The first kappa shape index (κ1) is 21.8. The van der Waals surface area contributed by atoms with Crippen molar-refractivity contribution in [2.45, 2.75) is 45.2 Å². The average molecular weight is 348 g/mol. The molecule has 0 unspecified atom stereocenters. The van der Waals surface area contributed by atoms with Gasteiger partial charge in [-0.05, 0) is 18.8 Å². The van der Waals surface area contributed by atoms with Gasteiger partial charge >= 0.3 is 17.9 Å². The minimum atomic E-state index is -1.38.